The lowest BCUT2D eigenvalue weighted by atomic mass is 10.00. The van der Waals surface area contributed by atoms with E-state index in [2.05, 4.69) is 20.5 Å². The zero-order valence-corrected chi connectivity index (χ0v) is 18.6. The maximum atomic E-state index is 15.5. The van der Waals surface area contributed by atoms with Crippen LogP contribution in [0.15, 0.2) is 29.3 Å². The van der Waals surface area contributed by atoms with Crippen LogP contribution in [0.25, 0.3) is 32.2 Å². The number of hydrogen-bond donors (Lipinski definition) is 2. The van der Waals surface area contributed by atoms with Crippen molar-refractivity contribution in [3.63, 3.8) is 0 Å². The fraction of sp³-hybridized carbons (Fsp3) is 0.286. The van der Waals surface area contributed by atoms with E-state index in [1.807, 2.05) is 24.5 Å². The second-order valence-electron chi connectivity index (χ2n) is 7.67. The van der Waals surface area contributed by atoms with E-state index in [1.54, 1.807) is 25.2 Å². The maximum Gasteiger partial charge on any atom is 0.232 e. The van der Waals surface area contributed by atoms with Crippen molar-refractivity contribution in [2.24, 2.45) is 5.92 Å². The number of aromatic amines is 1. The lowest BCUT2D eigenvalue weighted by Gasteiger charge is -2.19. The summed E-state index contributed by atoms with van der Waals surface area (Å²) in [5.74, 6) is -1.20. The van der Waals surface area contributed by atoms with Gasteiger partial charge >= 0.3 is 0 Å². The van der Waals surface area contributed by atoms with E-state index in [0.717, 1.165) is 26.7 Å². The van der Waals surface area contributed by atoms with Crippen LogP contribution in [0.1, 0.15) is 6.42 Å². The average Bonchev–Trinajstić information content (AvgIpc) is 3.11. The lowest BCUT2D eigenvalue weighted by Crippen LogP contribution is -2.14. The Morgan fingerprint density at radius 1 is 1.39 bits per heavy atom. The van der Waals surface area contributed by atoms with Gasteiger partial charge in [-0.15, -0.1) is 11.8 Å². The third-order valence-electron chi connectivity index (χ3n) is 5.39. The van der Waals surface area contributed by atoms with Gasteiger partial charge in [0.1, 0.15) is 6.17 Å². The summed E-state index contributed by atoms with van der Waals surface area (Å²) in [4.78, 5) is 18.7. The number of carbonyl (C=O) groups excluding carboxylic acids is 1. The fourth-order valence-electron chi connectivity index (χ4n) is 3.77. The van der Waals surface area contributed by atoms with Crippen LogP contribution in [0.5, 0.6) is 0 Å². The van der Waals surface area contributed by atoms with Crippen molar-refractivity contribution in [1.29, 1.82) is 0 Å². The molecule has 2 heterocycles. The third kappa shape index (κ3) is 3.34. The number of anilines is 2. The number of halogens is 2. The van der Waals surface area contributed by atoms with Crippen LogP contribution < -0.4 is 10.2 Å². The Hall–Kier alpha value is -2.72. The number of hydrogen-bond acceptors (Lipinski definition) is 6. The first-order valence-corrected chi connectivity index (χ1v) is 11.7. The summed E-state index contributed by atoms with van der Waals surface area (Å²) >= 11 is 2.66. The van der Waals surface area contributed by atoms with Crippen molar-refractivity contribution < 1.29 is 13.6 Å². The second kappa shape index (κ2) is 7.45. The molecule has 4 aromatic rings. The molecule has 0 bridgehead atoms. The molecule has 0 unspecified atom stereocenters. The highest BCUT2D eigenvalue weighted by atomic mass is 32.2. The average molecular weight is 460 g/mol. The molecule has 0 saturated heterocycles. The molecule has 1 fully saturated rings. The maximum absolute atomic E-state index is 15.5. The van der Waals surface area contributed by atoms with Gasteiger partial charge in [0.2, 0.25) is 5.91 Å². The molecule has 2 N–H and O–H groups in total. The molecular weight excluding hydrogens is 440 g/mol. The van der Waals surface area contributed by atoms with E-state index >= 15 is 4.39 Å². The van der Waals surface area contributed by atoms with Crippen molar-refractivity contribution in [1.82, 2.24) is 15.2 Å². The van der Waals surface area contributed by atoms with E-state index < -0.39 is 12.1 Å². The summed E-state index contributed by atoms with van der Waals surface area (Å²) in [6.45, 7) is 0. The number of carbonyl (C=O) groups is 1. The zero-order chi connectivity index (χ0) is 21.9. The Labute approximate surface area is 185 Å². The van der Waals surface area contributed by atoms with Gasteiger partial charge in [0.15, 0.2) is 10.9 Å². The van der Waals surface area contributed by atoms with Crippen LogP contribution in [-0.4, -0.2) is 47.6 Å². The normalized spacial score (nSPS) is 18.0. The molecule has 2 aromatic heterocycles. The number of nitrogens with zero attached hydrogens (tertiary/aromatic N) is 3. The largest absolute Gasteiger partial charge is 0.374 e. The highest BCUT2D eigenvalue weighted by Crippen LogP contribution is 2.44. The highest BCUT2D eigenvalue weighted by molar-refractivity contribution is 7.98. The first-order valence-electron chi connectivity index (χ1n) is 9.64. The Morgan fingerprint density at radius 2 is 2.16 bits per heavy atom. The summed E-state index contributed by atoms with van der Waals surface area (Å²) < 4.78 is 29.4. The van der Waals surface area contributed by atoms with Gasteiger partial charge in [-0.1, -0.05) is 17.4 Å². The summed E-state index contributed by atoms with van der Waals surface area (Å²) in [6.07, 6.45) is 2.78. The number of nitrogens with one attached hydrogen (secondary N) is 2. The van der Waals surface area contributed by atoms with Gasteiger partial charge in [-0.3, -0.25) is 9.89 Å². The zero-order valence-electron chi connectivity index (χ0n) is 17.0. The second-order valence-corrected chi connectivity index (χ2v) is 9.52. The van der Waals surface area contributed by atoms with Crippen LogP contribution in [0.4, 0.5) is 19.6 Å². The molecule has 160 valence electrons. The SMILES string of the molecule is CSc1c(F)c(N(C)C)c2[nH]ncc2c1-c1ccc2nc(NC(=O)[C@@H]3C[C@@H]3F)sc2c1. The van der Waals surface area contributed by atoms with Crippen LogP contribution in [-0.2, 0) is 4.79 Å². The Kier molecular flexibility index (Phi) is 4.86. The Morgan fingerprint density at radius 3 is 2.84 bits per heavy atom. The predicted molar refractivity (Wildman–Crippen MR) is 122 cm³/mol. The number of fused-ring (bicyclic) bond motifs is 2. The molecule has 31 heavy (non-hydrogen) atoms. The van der Waals surface area contributed by atoms with Gasteiger partial charge in [0.05, 0.1) is 38.4 Å². The minimum Gasteiger partial charge on any atom is -0.374 e. The van der Waals surface area contributed by atoms with Crippen molar-refractivity contribution >= 4 is 60.9 Å². The molecule has 1 aliphatic carbocycles. The molecule has 0 aliphatic heterocycles. The van der Waals surface area contributed by atoms with Gasteiger partial charge in [-0.25, -0.2) is 13.8 Å². The molecule has 1 aliphatic rings. The number of aromatic nitrogens is 3. The summed E-state index contributed by atoms with van der Waals surface area (Å²) in [5.41, 5.74) is 3.42. The summed E-state index contributed by atoms with van der Waals surface area (Å²) in [7, 11) is 3.60. The molecule has 2 aromatic carbocycles. The smallest absolute Gasteiger partial charge is 0.232 e. The number of benzene rings is 2. The molecule has 1 amide bonds. The number of thioether (sulfide) groups is 1. The van der Waals surface area contributed by atoms with Gasteiger partial charge in [0, 0.05) is 25.0 Å². The fourth-order valence-corrected chi connectivity index (χ4v) is 5.39. The quantitative estimate of drug-likeness (QED) is 0.408. The molecular formula is C21H19F2N5OS2. The van der Waals surface area contributed by atoms with Crippen LogP contribution in [0.2, 0.25) is 0 Å². The van der Waals surface area contributed by atoms with Gasteiger partial charge in [-0.2, -0.15) is 5.10 Å². The summed E-state index contributed by atoms with van der Waals surface area (Å²) in [5, 5.41) is 11.1. The van der Waals surface area contributed by atoms with Gasteiger partial charge < -0.3 is 10.2 Å². The van der Waals surface area contributed by atoms with E-state index in [-0.39, 0.29) is 18.1 Å². The molecule has 1 saturated carbocycles. The minimum atomic E-state index is -1.05. The minimum absolute atomic E-state index is 0.271. The van der Waals surface area contributed by atoms with E-state index in [4.69, 9.17) is 0 Å². The number of thiazole rings is 1. The lowest BCUT2D eigenvalue weighted by molar-refractivity contribution is -0.117. The van der Waals surface area contributed by atoms with Crippen molar-refractivity contribution in [2.45, 2.75) is 17.5 Å². The summed E-state index contributed by atoms with van der Waals surface area (Å²) in [6, 6.07) is 5.68. The predicted octanol–water partition coefficient (Wildman–Crippen LogP) is 5.06. The molecule has 5 rings (SSSR count). The highest BCUT2D eigenvalue weighted by Gasteiger charge is 2.43. The molecule has 0 spiro atoms. The first-order chi connectivity index (χ1) is 14.9. The molecule has 10 heteroatoms. The number of alkyl halides is 1. The molecule has 0 radical (unpaired) electrons. The van der Waals surface area contributed by atoms with Crippen molar-refractivity contribution in [3.05, 3.63) is 30.2 Å². The van der Waals surface area contributed by atoms with Gasteiger partial charge in [0.25, 0.3) is 0 Å². The van der Waals surface area contributed by atoms with E-state index in [0.29, 0.717) is 21.2 Å². The standard InChI is InChI=1S/C21H19F2N5OS2/c1-28(2)18-16(23)19(30-3)15(11-8-24-27-17(11)18)9-4-5-13-14(6-9)31-21(25-13)26-20(29)10-7-12(10)22/h4-6,8,10,12H,7H2,1-3H3,(H,24,27)(H,25,26,29)/t10-,12+/m1/s1. The van der Waals surface area contributed by atoms with E-state index in [1.165, 1.54) is 23.1 Å². The van der Waals surface area contributed by atoms with Crippen LogP contribution in [0.3, 0.4) is 0 Å². The first kappa shape index (κ1) is 20.2. The monoisotopic (exact) mass is 459 g/mol. The third-order valence-corrected chi connectivity index (χ3v) is 7.11. The number of rotatable bonds is 5. The topological polar surface area (TPSA) is 73.9 Å². The van der Waals surface area contributed by atoms with Crippen LogP contribution >= 0.6 is 23.1 Å². The Bertz CT molecular complexity index is 1330. The van der Waals surface area contributed by atoms with Crippen molar-refractivity contribution in [2.75, 3.05) is 30.6 Å². The molecule has 2 atom stereocenters. The van der Waals surface area contributed by atoms with Gasteiger partial charge in [-0.05, 0) is 30.4 Å². The molecule has 6 nitrogen and oxygen atoms in total. The van der Waals surface area contributed by atoms with E-state index in [9.17, 15) is 9.18 Å². The number of H-pyrrole nitrogens is 1. The van der Waals surface area contributed by atoms with Crippen LogP contribution in [0, 0.1) is 11.7 Å². The Balaban J connectivity index is 1.61. The number of amides is 1. The van der Waals surface area contributed by atoms with Crippen molar-refractivity contribution in [3.8, 4) is 11.1 Å².